The maximum absolute atomic E-state index is 13.4. The summed E-state index contributed by atoms with van der Waals surface area (Å²) in [5.41, 5.74) is -1.21. The lowest BCUT2D eigenvalue weighted by Crippen LogP contribution is -2.39. The topological polar surface area (TPSA) is 130 Å². The molecule has 66 heavy (non-hydrogen) atoms. The summed E-state index contributed by atoms with van der Waals surface area (Å²) in [5, 5.41) is 0.143. The smallest absolute Gasteiger partial charge is 0.306 e. The summed E-state index contributed by atoms with van der Waals surface area (Å²) in [7, 11) is 0. The number of rotatable bonds is 28. The number of ketones is 3. The average Bonchev–Trinajstić information content (AvgIpc) is 3.19. The Morgan fingerprint density at radius 1 is 0.515 bits per heavy atom. The van der Waals surface area contributed by atoms with Gasteiger partial charge in [-0.25, -0.2) is 0 Å². The van der Waals surface area contributed by atoms with Gasteiger partial charge < -0.3 is 14.2 Å². The minimum absolute atomic E-state index is 0.0291. The number of hydrogen-bond acceptors (Lipinski definition) is 12. The van der Waals surface area contributed by atoms with Crippen molar-refractivity contribution in [3.8, 4) is 0 Å². The van der Waals surface area contributed by atoms with Gasteiger partial charge in [-0.2, -0.15) is 35.3 Å². The zero-order chi connectivity index (χ0) is 49.5. The minimum Gasteiger partial charge on any atom is -0.465 e. The fourth-order valence-electron chi connectivity index (χ4n) is 10.6. The Morgan fingerprint density at radius 2 is 0.773 bits per heavy atom. The van der Waals surface area contributed by atoms with E-state index in [1.807, 2.05) is 27.7 Å². The molecule has 12 heteroatoms. The second-order valence-electron chi connectivity index (χ2n) is 22.0. The third kappa shape index (κ3) is 18.2. The molecule has 0 bridgehead atoms. The van der Waals surface area contributed by atoms with Crippen molar-refractivity contribution in [3.63, 3.8) is 0 Å². The zero-order valence-corrected chi connectivity index (χ0v) is 45.3. The van der Waals surface area contributed by atoms with Crippen molar-refractivity contribution < 1.29 is 43.0 Å². The highest BCUT2D eigenvalue weighted by atomic mass is 32.2. The molecule has 0 heterocycles. The third-order valence-corrected chi connectivity index (χ3v) is 17.9. The Bertz CT molecular complexity index is 1540. The Kier molecular flexibility index (Phi) is 23.4. The van der Waals surface area contributed by atoms with Crippen LogP contribution in [-0.2, 0) is 43.0 Å². The van der Waals surface area contributed by atoms with Gasteiger partial charge in [0.2, 0.25) is 0 Å². The van der Waals surface area contributed by atoms with Gasteiger partial charge in [-0.3, -0.25) is 28.8 Å². The fraction of sp³-hybridized carbons (Fsp3) is 0.778. The maximum atomic E-state index is 13.4. The van der Waals surface area contributed by atoms with E-state index in [1.165, 1.54) is 0 Å². The summed E-state index contributed by atoms with van der Waals surface area (Å²) >= 11 is 4.74. The highest BCUT2D eigenvalue weighted by molar-refractivity contribution is 8.00. The zero-order valence-electron chi connectivity index (χ0n) is 42.9. The molecule has 0 aromatic carbocycles. The summed E-state index contributed by atoms with van der Waals surface area (Å²) in [6, 6.07) is 0. The number of ether oxygens (including phenoxy) is 3. The van der Waals surface area contributed by atoms with E-state index in [1.54, 1.807) is 35.3 Å². The third-order valence-electron chi connectivity index (χ3n) is 14.4. The first-order valence-electron chi connectivity index (χ1n) is 24.7. The molecule has 0 saturated carbocycles. The molecule has 0 fully saturated rings. The van der Waals surface area contributed by atoms with Crippen LogP contribution in [0.1, 0.15) is 154 Å². The lowest BCUT2D eigenvalue weighted by Gasteiger charge is -2.39. The van der Waals surface area contributed by atoms with E-state index in [-0.39, 0.29) is 124 Å². The molecule has 3 rings (SSSR count). The van der Waals surface area contributed by atoms with Crippen LogP contribution in [0, 0.1) is 57.2 Å². The SMILES string of the molecule is CCC(COC(=O)CCSC(C)CC(=O)C1C(C)C=CCC1(C)C)(COC(=O)CCSC(C)CC(=O)C1C(C)C=CCC1(C)C)COC(=O)CCS[C@@H](C)CC(=O)[C@@H]1C(C)C=CCC1(C)C. The van der Waals surface area contributed by atoms with Gasteiger partial charge in [0.15, 0.2) is 0 Å². The molecular weight excluding hydrogens is 889 g/mol. The molecule has 3 aliphatic carbocycles. The van der Waals surface area contributed by atoms with Crippen LogP contribution >= 0.6 is 35.3 Å². The maximum Gasteiger partial charge on any atom is 0.306 e. The van der Waals surface area contributed by atoms with E-state index in [0.717, 1.165) is 19.3 Å². The van der Waals surface area contributed by atoms with Crippen LogP contribution in [0.5, 0.6) is 0 Å². The molecule has 3 aliphatic rings. The van der Waals surface area contributed by atoms with Crippen molar-refractivity contribution in [2.45, 2.75) is 170 Å². The van der Waals surface area contributed by atoms with Gasteiger partial charge in [0.25, 0.3) is 0 Å². The van der Waals surface area contributed by atoms with Crippen molar-refractivity contribution in [2.75, 3.05) is 37.1 Å². The van der Waals surface area contributed by atoms with Crippen LogP contribution in [-0.4, -0.2) is 88.1 Å². The lowest BCUT2D eigenvalue weighted by molar-refractivity contribution is -0.162. The fourth-order valence-corrected chi connectivity index (χ4v) is 13.5. The lowest BCUT2D eigenvalue weighted by atomic mass is 9.65. The first-order valence-corrected chi connectivity index (χ1v) is 27.9. The van der Waals surface area contributed by atoms with Gasteiger partial charge in [-0.1, -0.05) is 126 Å². The van der Waals surface area contributed by atoms with Crippen molar-refractivity contribution >= 4 is 70.5 Å². The molecule has 9 nitrogen and oxygen atoms in total. The number of hydrogen-bond donors (Lipinski definition) is 0. The first-order chi connectivity index (χ1) is 30.8. The summed E-state index contributed by atoms with van der Waals surface area (Å²) in [6.45, 7) is 27.0. The summed E-state index contributed by atoms with van der Waals surface area (Å²) in [5.74, 6) is 1.54. The predicted molar refractivity (Wildman–Crippen MR) is 275 cm³/mol. The molecule has 7 unspecified atom stereocenters. The van der Waals surface area contributed by atoms with Gasteiger partial charge in [0.1, 0.15) is 37.2 Å². The standard InChI is InChI=1S/C54H86O9S3/c1-14-54(33-61-45(58)21-27-64-39(5)30-42(55)48-36(2)18-15-24-51(48,8)9,34-62-46(59)22-28-65-40(6)31-43(56)49-37(3)19-16-25-52(49,10)11)35-63-47(60)23-29-66-41(7)32-44(57)50-38(4)20-17-26-53(50,12)13/h15-20,36-41,48-50H,14,21-35H2,1-13H3/t36?,37?,38?,39-,40?,41?,48-,49?,50?,54?/m0/s1. The Labute approximate surface area is 412 Å². The Balaban J connectivity index is 1.53. The molecule has 0 saturated heterocycles. The van der Waals surface area contributed by atoms with Crippen molar-refractivity contribution in [1.82, 2.24) is 0 Å². The molecule has 0 aromatic rings. The van der Waals surface area contributed by atoms with Crippen molar-refractivity contribution in [2.24, 2.45) is 57.2 Å². The van der Waals surface area contributed by atoms with Crippen LogP contribution in [0.3, 0.4) is 0 Å². The summed E-state index contributed by atoms with van der Waals surface area (Å²) < 4.78 is 17.4. The van der Waals surface area contributed by atoms with E-state index < -0.39 is 23.3 Å². The largest absolute Gasteiger partial charge is 0.465 e. The second kappa shape index (κ2) is 26.6. The molecule has 0 radical (unpaired) electrons. The van der Waals surface area contributed by atoms with Crippen LogP contribution in [0.2, 0.25) is 0 Å². The van der Waals surface area contributed by atoms with Crippen LogP contribution in [0.25, 0.3) is 0 Å². The van der Waals surface area contributed by atoms with E-state index >= 15 is 0 Å². The molecule has 0 aliphatic heterocycles. The molecule has 0 spiro atoms. The monoisotopic (exact) mass is 975 g/mol. The highest BCUT2D eigenvalue weighted by Crippen LogP contribution is 2.44. The van der Waals surface area contributed by atoms with Crippen LogP contribution in [0.15, 0.2) is 36.5 Å². The quantitative estimate of drug-likeness (QED) is 0.0420. The molecule has 0 aromatic heterocycles. The summed E-state index contributed by atoms with van der Waals surface area (Å²) in [6.07, 6.45) is 17.8. The van der Waals surface area contributed by atoms with Gasteiger partial charge in [0, 0.05) is 70.0 Å². The normalized spacial score (nSPS) is 26.3. The predicted octanol–water partition coefficient (Wildman–Crippen LogP) is 12.1. The van der Waals surface area contributed by atoms with E-state index in [2.05, 4.69) is 98.8 Å². The second-order valence-corrected chi connectivity index (χ2v) is 26.7. The van der Waals surface area contributed by atoms with Gasteiger partial charge >= 0.3 is 17.9 Å². The number of thioether (sulfide) groups is 3. The van der Waals surface area contributed by atoms with E-state index in [9.17, 15) is 28.8 Å². The number of allylic oxidation sites excluding steroid dienone is 6. The molecule has 0 amide bonds. The van der Waals surface area contributed by atoms with Crippen LogP contribution in [0.4, 0.5) is 0 Å². The number of esters is 3. The Hall–Kier alpha value is -2.31. The molecule has 9 atom stereocenters. The van der Waals surface area contributed by atoms with Crippen molar-refractivity contribution in [1.29, 1.82) is 0 Å². The minimum atomic E-state index is -0.957. The number of carbonyl (C=O) groups excluding carboxylic acids is 6. The van der Waals surface area contributed by atoms with Gasteiger partial charge in [-0.15, -0.1) is 0 Å². The van der Waals surface area contributed by atoms with E-state index in [0.29, 0.717) is 42.9 Å². The summed E-state index contributed by atoms with van der Waals surface area (Å²) in [4.78, 5) is 79.6. The number of Topliss-reactive ketones (excluding diaryl/α,β-unsaturated/α-hetero) is 3. The van der Waals surface area contributed by atoms with Gasteiger partial charge in [-0.05, 0) is 59.7 Å². The first kappa shape index (κ1) is 58.0. The van der Waals surface area contributed by atoms with Gasteiger partial charge in [0.05, 0.1) is 24.7 Å². The highest BCUT2D eigenvalue weighted by Gasteiger charge is 2.42. The Morgan fingerprint density at radius 3 is 1.00 bits per heavy atom. The molecule has 0 N–H and O–H groups in total. The molecule has 374 valence electrons. The van der Waals surface area contributed by atoms with Crippen molar-refractivity contribution in [3.05, 3.63) is 36.5 Å². The van der Waals surface area contributed by atoms with E-state index in [4.69, 9.17) is 14.2 Å². The average molecular weight is 975 g/mol. The number of carbonyl (C=O) groups is 6. The molecular formula is C54H86O9S3. The van der Waals surface area contributed by atoms with Crippen LogP contribution < -0.4 is 0 Å².